The molecule has 6 nitrogen and oxygen atoms in total. The molecule has 1 aromatic carbocycles. The summed E-state index contributed by atoms with van der Waals surface area (Å²) in [5.41, 5.74) is 0. The van der Waals surface area contributed by atoms with Gasteiger partial charge in [0, 0.05) is 13.2 Å². The molecule has 0 fully saturated rings. The van der Waals surface area contributed by atoms with Crippen LogP contribution in [0.2, 0.25) is 0 Å². The Morgan fingerprint density at radius 3 is 1.94 bits per heavy atom. The number of benzene rings is 1. The summed E-state index contributed by atoms with van der Waals surface area (Å²) in [5, 5.41) is 0. The second-order valence-electron chi connectivity index (χ2n) is 3.25. The quantitative estimate of drug-likeness (QED) is 0.740. The van der Waals surface area contributed by atoms with E-state index < -0.39 is 35.7 Å². The maximum atomic E-state index is 11.6. The van der Waals surface area contributed by atoms with E-state index in [1.54, 1.807) is 0 Å². The van der Waals surface area contributed by atoms with Crippen molar-refractivity contribution in [1.82, 2.24) is 0 Å². The topological polar surface area (TPSA) is 94.6 Å². The van der Waals surface area contributed by atoms with Crippen molar-refractivity contribution in [2.45, 2.75) is 16.7 Å². The van der Waals surface area contributed by atoms with Gasteiger partial charge in [-0.2, -0.15) is 8.42 Å². The Morgan fingerprint density at radius 1 is 1.06 bits per heavy atom. The van der Waals surface area contributed by atoms with Gasteiger partial charge < -0.3 is 4.18 Å². The Balaban J connectivity index is 3.48. The van der Waals surface area contributed by atoms with Crippen LogP contribution in [0.4, 0.5) is 0 Å². The molecule has 0 saturated heterocycles. The van der Waals surface area contributed by atoms with Gasteiger partial charge in [-0.15, -0.1) is 0 Å². The van der Waals surface area contributed by atoms with Gasteiger partial charge in [-0.25, -0.2) is 8.42 Å². The van der Waals surface area contributed by atoms with Crippen LogP contribution in [-0.2, 0) is 28.9 Å². The van der Waals surface area contributed by atoms with E-state index in [4.69, 9.17) is 0 Å². The highest BCUT2D eigenvalue weighted by Gasteiger charge is 2.25. The van der Waals surface area contributed by atoms with Crippen molar-refractivity contribution >= 4 is 25.9 Å². The number of hydrogen-bond donors (Lipinski definition) is 0. The Labute approximate surface area is 99.3 Å². The molecule has 0 radical (unpaired) electrons. The molecule has 0 heterocycles. The zero-order valence-electron chi connectivity index (χ0n) is 9.08. The molecule has 0 aliphatic heterocycles. The molecule has 0 bridgehead atoms. The molecule has 0 saturated carbocycles. The molecular weight excluding hydrogens is 268 g/mol. The first kappa shape index (κ1) is 13.7. The van der Waals surface area contributed by atoms with Crippen LogP contribution in [0.25, 0.3) is 0 Å². The lowest BCUT2D eigenvalue weighted by Gasteiger charge is -2.07. The highest BCUT2D eigenvalue weighted by molar-refractivity contribution is 7.92. The number of carbonyl (C=O) groups is 1. The van der Waals surface area contributed by atoms with E-state index >= 15 is 0 Å². The van der Waals surface area contributed by atoms with E-state index in [0.717, 1.165) is 25.3 Å². The van der Waals surface area contributed by atoms with Crippen molar-refractivity contribution in [2.75, 3.05) is 6.26 Å². The summed E-state index contributed by atoms with van der Waals surface area (Å²) in [4.78, 5) is 9.70. The second kappa shape index (κ2) is 4.46. The SMILES string of the molecule is CC(=O)OS(=O)(=O)c1ccccc1S(C)(=O)=O. The molecule has 8 heteroatoms. The Kier molecular flexibility index (Phi) is 3.58. The van der Waals surface area contributed by atoms with Gasteiger partial charge in [0.05, 0.1) is 4.90 Å². The van der Waals surface area contributed by atoms with Crippen LogP contribution in [0.5, 0.6) is 0 Å². The highest BCUT2D eigenvalue weighted by Crippen LogP contribution is 2.22. The minimum Gasteiger partial charge on any atom is -0.343 e. The Bertz CT molecular complexity index is 642. The zero-order valence-corrected chi connectivity index (χ0v) is 10.7. The second-order valence-corrected chi connectivity index (χ2v) is 6.75. The molecule has 0 aliphatic carbocycles. The monoisotopic (exact) mass is 278 g/mol. The molecule has 94 valence electrons. The van der Waals surface area contributed by atoms with E-state index in [9.17, 15) is 21.6 Å². The first-order valence-electron chi connectivity index (χ1n) is 4.39. The minimum absolute atomic E-state index is 0.402. The van der Waals surface area contributed by atoms with E-state index in [2.05, 4.69) is 4.18 Å². The van der Waals surface area contributed by atoms with Crippen LogP contribution in [0, 0.1) is 0 Å². The molecule has 0 aliphatic rings. The normalized spacial score (nSPS) is 12.1. The molecule has 0 N–H and O–H groups in total. The van der Waals surface area contributed by atoms with Crippen LogP contribution in [0.15, 0.2) is 34.1 Å². The van der Waals surface area contributed by atoms with Crippen molar-refractivity contribution in [3.8, 4) is 0 Å². The third-order valence-corrected chi connectivity index (χ3v) is 4.38. The summed E-state index contributed by atoms with van der Waals surface area (Å²) < 4.78 is 50.1. The average molecular weight is 278 g/mol. The molecule has 1 aromatic rings. The zero-order chi connectivity index (χ0) is 13.3. The van der Waals surface area contributed by atoms with Gasteiger partial charge in [0.15, 0.2) is 9.84 Å². The first-order valence-corrected chi connectivity index (χ1v) is 7.69. The van der Waals surface area contributed by atoms with Crippen LogP contribution in [0.1, 0.15) is 6.92 Å². The van der Waals surface area contributed by atoms with Crippen molar-refractivity contribution in [2.24, 2.45) is 0 Å². The predicted molar refractivity (Wildman–Crippen MR) is 58.5 cm³/mol. The molecule has 0 atom stereocenters. The molecular formula is C9H10O6S2. The van der Waals surface area contributed by atoms with Crippen LogP contribution >= 0.6 is 0 Å². The maximum Gasteiger partial charge on any atom is 0.342 e. The Morgan fingerprint density at radius 2 is 1.53 bits per heavy atom. The summed E-state index contributed by atoms with van der Waals surface area (Å²) in [6, 6.07) is 4.91. The fourth-order valence-corrected chi connectivity index (χ4v) is 3.64. The first-order chi connectivity index (χ1) is 7.64. The van der Waals surface area contributed by atoms with Gasteiger partial charge in [-0.1, -0.05) is 12.1 Å². The van der Waals surface area contributed by atoms with Gasteiger partial charge in [0.2, 0.25) is 0 Å². The summed E-state index contributed by atoms with van der Waals surface area (Å²) >= 11 is 0. The smallest absolute Gasteiger partial charge is 0.342 e. The number of hydrogen-bond acceptors (Lipinski definition) is 6. The van der Waals surface area contributed by atoms with Crippen molar-refractivity contribution in [3.05, 3.63) is 24.3 Å². The lowest BCUT2D eigenvalue weighted by atomic mass is 10.4. The maximum absolute atomic E-state index is 11.6. The number of carbonyl (C=O) groups excluding carboxylic acids is 1. The van der Waals surface area contributed by atoms with Gasteiger partial charge in [0.1, 0.15) is 4.90 Å². The standard InChI is InChI=1S/C9H10O6S2/c1-7(10)15-17(13,14)9-6-4-3-5-8(9)16(2,11)12/h3-6H,1-2H3. The number of rotatable bonds is 3. The largest absolute Gasteiger partial charge is 0.343 e. The van der Waals surface area contributed by atoms with E-state index in [0.29, 0.717) is 0 Å². The lowest BCUT2D eigenvalue weighted by Crippen LogP contribution is -2.14. The van der Waals surface area contributed by atoms with Gasteiger partial charge in [0.25, 0.3) is 0 Å². The molecule has 0 unspecified atom stereocenters. The van der Waals surface area contributed by atoms with Crippen LogP contribution in [0.3, 0.4) is 0 Å². The van der Waals surface area contributed by atoms with E-state index in [-0.39, 0.29) is 0 Å². The van der Waals surface area contributed by atoms with E-state index in [1.165, 1.54) is 12.1 Å². The van der Waals surface area contributed by atoms with Crippen LogP contribution in [-0.4, -0.2) is 29.1 Å². The third kappa shape index (κ3) is 3.27. The number of sulfone groups is 1. The van der Waals surface area contributed by atoms with Gasteiger partial charge >= 0.3 is 16.1 Å². The molecule has 0 amide bonds. The lowest BCUT2D eigenvalue weighted by molar-refractivity contribution is -0.131. The summed E-state index contributed by atoms with van der Waals surface area (Å²) in [6.07, 6.45) is 0.870. The van der Waals surface area contributed by atoms with Crippen molar-refractivity contribution < 1.29 is 25.8 Å². The van der Waals surface area contributed by atoms with Gasteiger partial charge in [-0.3, -0.25) is 4.79 Å². The fourth-order valence-electron chi connectivity index (χ4n) is 1.16. The van der Waals surface area contributed by atoms with Gasteiger partial charge in [-0.05, 0) is 12.1 Å². The van der Waals surface area contributed by atoms with Crippen molar-refractivity contribution in [3.63, 3.8) is 0 Å². The molecule has 0 aromatic heterocycles. The van der Waals surface area contributed by atoms with Crippen LogP contribution < -0.4 is 0 Å². The summed E-state index contributed by atoms with van der Waals surface area (Å²) in [7, 11) is -8.12. The molecule has 1 rings (SSSR count). The Hall–Kier alpha value is -1.41. The van der Waals surface area contributed by atoms with E-state index in [1.807, 2.05) is 0 Å². The highest BCUT2D eigenvalue weighted by atomic mass is 32.2. The summed E-state index contributed by atoms with van der Waals surface area (Å²) in [5.74, 6) is -1.03. The third-order valence-electron chi connectivity index (χ3n) is 1.75. The van der Waals surface area contributed by atoms with Crippen molar-refractivity contribution in [1.29, 1.82) is 0 Å². The average Bonchev–Trinajstić information content (AvgIpc) is 2.14. The predicted octanol–water partition coefficient (Wildman–Crippen LogP) is 0.342. The summed E-state index contributed by atoms with van der Waals surface area (Å²) in [6.45, 7) is 0.917. The molecule has 0 spiro atoms. The minimum atomic E-state index is -4.40. The fraction of sp³-hybridized carbons (Fsp3) is 0.222. The molecule has 17 heavy (non-hydrogen) atoms.